The van der Waals surface area contributed by atoms with Gasteiger partial charge in [0.25, 0.3) is 11.5 Å². The SMILES string of the molecule is Cc1nc2ccccn2c1C(=O)NC1CCC(n2ncccc2=O)CC1. The predicted molar refractivity (Wildman–Crippen MR) is 97.2 cm³/mol. The van der Waals surface area contributed by atoms with Gasteiger partial charge in [-0.05, 0) is 50.8 Å². The second-order valence-corrected chi connectivity index (χ2v) is 6.76. The van der Waals surface area contributed by atoms with E-state index in [0.717, 1.165) is 37.0 Å². The number of carbonyl (C=O) groups excluding carboxylic acids is 1. The Balaban J connectivity index is 1.44. The number of rotatable bonds is 3. The van der Waals surface area contributed by atoms with E-state index in [1.165, 1.54) is 6.07 Å². The van der Waals surface area contributed by atoms with Gasteiger partial charge in [-0.2, -0.15) is 5.10 Å². The molecule has 1 N–H and O–H groups in total. The highest BCUT2D eigenvalue weighted by Crippen LogP contribution is 2.27. The van der Waals surface area contributed by atoms with Crippen molar-refractivity contribution in [3.05, 3.63) is 64.5 Å². The lowest BCUT2D eigenvalue weighted by Crippen LogP contribution is -2.40. The van der Waals surface area contributed by atoms with Crippen LogP contribution in [-0.2, 0) is 0 Å². The van der Waals surface area contributed by atoms with Crippen molar-refractivity contribution in [1.82, 2.24) is 24.5 Å². The van der Waals surface area contributed by atoms with Gasteiger partial charge < -0.3 is 5.32 Å². The van der Waals surface area contributed by atoms with Crippen LogP contribution in [0.15, 0.2) is 47.5 Å². The highest BCUT2D eigenvalue weighted by Gasteiger charge is 2.26. The Morgan fingerprint density at radius 1 is 1.15 bits per heavy atom. The fraction of sp³-hybridized carbons (Fsp3) is 0.368. The zero-order valence-electron chi connectivity index (χ0n) is 14.6. The maximum absolute atomic E-state index is 12.8. The Morgan fingerprint density at radius 3 is 2.73 bits per heavy atom. The van der Waals surface area contributed by atoms with Gasteiger partial charge in [-0.25, -0.2) is 9.67 Å². The summed E-state index contributed by atoms with van der Waals surface area (Å²) in [6.07, 6.45) is 6.81. The molecule has 0 spiro atoms. The van der Waals surface area contributed by atoms with Crippen LogP contribution in [0.25, 0.3) is 5.65 Å². The Labute approximate surface area is 150 Å². The molecule has 1 saturated carbocycles. The molecule has 0 aliphatic heterocycles. The smallest absolute Gasteiger partial charge is 0.270 e. The first-order valence-corrected chi connectivity index (χ1v) is 8.92. The van der Waals surface area contributed by atoms with Gasteiger partial charge in [0.2, 0.25) is 0 Å². The minimum atomic E-state index is -0.0975. The topological polar surface area (TPSA) is 81.3 Å². The van der Waals surface area contributed by atoms with Gasteiger partial charge in [0.1, 0.15) is 11.3 Å². The molecule has 1 amide bonds. The van der Waals surface area contributed by atoms with Crippen molar-refractivity contribution in [3.8, 4) is 0 Å². The van der Waals surface area contributed by atoms with Crippen molar-refractivity contribution in [3.63, 3.8) is 0 Å². The van der Waals surface area contributed by atoms with Crippen LogP contribution in [0.2, 0.25) is 0 Å². The van der Waals surface area contributed by atoms with Gasteiger partial charge in [-0.15, -0.1) is 0 Å². The maximum atomic E-state index is 12.8. The number of hydrogen-bond acceptors (Lipinski definition) is 4. The predicted octanol–water partition coefficient (Wildman–Crippen LogP) is 2.11. The molecule has 0 bridgehead atoms. The third kappa shape index (κ3) is 3.00. The lowest BCUT2D eigenvalue weighted by atomic mass is 9.91. The van der Waals surface area contributed by atoms with E-state index >= 15 is 0 Å². The van der Waals surface area contributed by atoms with E-state index < -0.39 is 0 Å². The molecule has 7 heteroatoms. The van der Waals surface area contributed by atoms with Gasteiger partial charge in [0.15, 0.2) is 0 Å². The number of fused-ring (bicyclic) bond motifs is 1. The van der Waals surface area contributed by atoms with Crippen LogP contribution in [0.3, 0.4) is 0 Å². The second kappa shape index (κ2) is 6.74. The van der Waals surface area contributed by atoms with E-state index in [1.54, 1.807) is 16.9 Å². The summed E-state index contributed by atoms with van der Waals surface area (Å²) in [7, 11) is 0. The molecule has 3 aromatic heterocycles. The van der Waals surface area contributed by atoms with Crippen LogP contribution in [0.1, 0.15) is 47.9 Å². The maximum Gasteiger partial charge on any atom is 0.270 e. The van der Waals surface area contributed by atoms with E-state index in [0.29, 0.717) is 5.69 Å². The minimum absolute atomic E-state index is 0.0682. The molecule has 0 radical (unpaired) electrons. The Bertz CT molecular complexity index is 998. The lowest BCUT2D eigenvalue weighted by molar-refractivity contribution is 0.0914. The zero-order valence-corrected chi connectivity index (χ0v) is 14.6. The summed E-state index contributed by atoms with van der Waals surface area (Å²) >= 11 is 0. The summed E-state index contributed by atoms with van der Waals surface area (Å²) in [6, 6.07) is 9.09. The van der Waals surface area contributed by atoms with E-state index in [9.17, 15) is 9.59 Å². The molecule has 0 aromatic carbocycles. The highest BCUT2D eigenvalue weighted by atomic mass is 16.2. The fourth-order valence-corrected chi connectivity index (χ4v) is 3.75. The van der Waals surface area contributed by atoms with Gasteiger partial charge in [-0.3, -0.25) is 14.0 Å². The largest absolute Gasteiger partial charge is 0.348 e. The molecule has 134 valence electrons. The number of carbonyl (C=O) groups is 1. The molecule has 1 fully saturated rings. The molecule has 7 nitrogen and oxygen atoms in total. The number of nitrogens with zero attached hydrogens (tertiary/aromatic N) is 4. The van der Waals surface area contributed by atoms with Crippen LogP contribution < -0.4 is 10.9 Å². The van der Waals surface area contributed by atoms with Crippen molar-refractivity contribution in [2.24, 2.45) is 0 Å². The lowest BCUT2D eigenvalue weighted by Gasteiger charge is -2.29. The standard InChI is InChI=1S/C19H21N5O2/c1-13-18(23-12-3-2-5-16(23)21-13)19(26)22-14-7-9-15(10-8-14)24-17(25)6-4-11-20-24/h2-6,11-12,14-15H,7-10H2,1H3,(H,22,26). The van der Waals surface area contributed by atoms with Crippen molar-refractivity contribution in [1.29, 1.82) is 0 Å². The third-order valence-electron chi connectivity index (χ3n) is 5.04. The number of aryl methyl sites for hydroxylation is 1. The third-order valence-corrected chi connectivity index (χ3v) is 5.04. The fourth-order valence-electron chi connectivity index (χ4n) is 3.75. The molecule has 26 heavy (non-hydrogen) atoms. The number of amides is 1. The first-order chi connectivity index (χ1) is 12.6. The second-order valence-electron chi connectivity index (χ2n) is 6.76. The first-order valence-electron chi connectivity index (χ1n) is 8.92. The van der Waals surface area contributed by atoms with E-state index in [2.05, 4.69) is 15.4 Å². The average Bonchev–Trinajstić information content (AvgIpc) is 2.99. The number of hydrogen-bond donors (Lipinski definition) is 1. The van der Waals surface area contributed by atoms with E-state index in [-0.39, 0.29) is 23.6 Å². The van der Waals surface area contributed by atoms with Gasteiger partial charge in [0, 0.05) is 24.5 Å². The monoisotopic (exact) mass is 351 g/mol. The van der Waals surface area contributed by atoms with Gasteiger partial charge >= 0.3 is 0 Å². The van der Waals surface area contributed by atoms with Crippen LogP contribution in [-0.4, -0.2) is 31.1 Å². The molecule has 0 atom stereocenters. The van der Waals surface area contributed by atoms with Crippen molar-refractivity contribution >= 4 is 11.6 Å². The van der Waals surface area contributed by atoms with E-state index in [1.807, 2.05) is 35.7 Å². The molecular formula is C19H21N5O2. The summed E-state index contributed by atoms with van der Waals surface area (Å²) in [5, 5.41) is 7.31. The Kier molecular flexibility index (Phi) is 4.28. The molecule has 3 heterocycles. The van der Waals surface area contributed by atoms with Crippen molar-refractivity contribution in [2.45, 2.75) is 44.7 Å². The zero-order chi connectivity index (χ0) is 18.1. The van der Waals surface area contributed by atoms with Crippen LogP contribution >= 0.6 is 0 Å². The minimum Gasteiger partial charge on any atom is -0.348 e. The van der Waals surface area contributed by atoms with Crippen LogP contribution in [0, 0.1) is 6.92 Å². The highest BCUT2D eigenvalue weighted by molar-refractivity contribution is 5.94. The normalized spacial score (nSPS) is 20.2. The molecule has 0 unspecified atom stereocenters. The Hall–Kier alpha value is -2.96. The Morgan fingerprint density at radius 2 is 1.96 bits per heavy atom. The van der Waals surface area contributed by atoms with Gasteiger partial charge in [-0.1, -0.05) is 6.07 Å². The number of aromatic nitrogens is 4. The molecule has 3 aromatic rings. The van der Waals surface area contributed by atoms with Crippen LogP contribution in [0.4, 0.5) is 0 Å². The van der Waals surface area contributed by atoms with E-state index in [4.69, 9.17) is 0 Å². The number of pyridine rings is 1. The number of imidazole rings is 1. The molecule has 0 saturated heterocycles. The summed E-state index contributed by atoms with van der Waals surface area (Å²) < 4.78 is 3.39. The summed E-state index contributed by atoms with van der Waals surface area (Å²) in [5.74, 6) is -0.0975. The number of nitrogens with one attached hydrogen (secondary N) is 1. The summed E-state index contributed by atoms with van der Waals surface area (Å²) in [5.41, 5.74) is 2.01. The first kappa shape index (κ1) is 16.5. The van der Waals surface area contributed by atoms with Crippen LogP contribution in [0.5, 0.6) is 0 Å². The molecule has 4 rings (SSSR count). The molecular weight excluding hydrogens is 330 g/mol. The van der Waals surface area contributed by atoms with Crippen molar-refractivity contribution in [2.75, 3.05) is 0 Å². The van der Waals surface area contributed by atoms with Crippen molar-refractivity contribution < 1.29 is 4.79 Å². The summed E-state index contributed by atoms with van der Waals surface area (Å²) in [6.45, 7) is 1.85. The molecule has 1 aliphatic carbocycles. The quantitative estimate of drug-likeness (QED) is 0.784. The molecule has 1 aliphatic rings. The average molecular weight is 351 g/mol. The van der Waals surface area contributed by atoms with Gasteiger partial charge in [0.05, 0.1) is 11.7 Å². The summed E-state index contributed by atoms with van der Waals surface area (Å²) in [4.78, 5) is 29.1.